The second-order valence-corrected chi connectivity index (χ2v) is 42.5. The molecule has 0 unspecified atom stereocenters. The molecule has 2 aliphatic carbocycles. The molecule has 117 heavy (non-hydrogen) atoms. The summed E-state index contributed by atoms with van der Waals surface area (Å²) in [7, 11) is 11.0. The number of anilines is 2. The predicted molar refractivity (Wildman–Crippen MR) is 461 cm³/mol. The average molecular weight is 1670 g/mol. The highest BCUT2D eigenvalue weighted by Crippen LogP contribution is 2.47. The molecule has 9 rings (SSSR count). The highest BCUT2D eigenvalue weighted by Gasteiger charge is 2.44. The Labute approximate surface area is 691 Å². The Morgan fingerprint density at radius 1 is 0.487 bits per heavy atom. The molecule has 9 amide bonds. The van der Waals surface area contributed by atoms with Crippen molar-refractivity contribution < 1.29 is 82.0 Å². The van der Waals surface area contributed by atoms with E-state index < -0.39 is 137 Å². The largest absolute Gasteiger partial charge is 0.481 e. The van der Waals surface area contributed by atoms with Crippen LogP contribution in [0, 0.1) is 5.92 Å². The molecule has 620 valence electrons. The minimum atomic E-state index is -2.39. The minimum Gasteiger partial charge on any atom is -0.481 e. The maximum Gasteiger partial charge on any atom is 0.346 e. The van der Waals surface area contributed by atoms with Gasteiger partial charge in [-0.3, -0.25) is 47.9 Å². The number of aliphatic carboxylic acids is 1. The number of allylic oxidation sites excluding steroid dienone is 10. The van der Waals surface area contributed by atoms with Gasteiger partial charge in [-0.1, -0.05) is 82.5 Å². The van der Waals surface area contributed by atoms with Crippen LogP contribution in [-0.4, -0.2) is 230 Å². The van der Waals surface area contributed by atoms with Gasteiger partial charge in [-0.2, -0.15) is 0 Å². The number of benzene rings is 3. The lowest BCUT2D eigenvalue weighted by molar-refractivity contribution is -0.462. The van der Waals surface area contributed by atoms with Gasteiger partial charge in [-0.25, -0.2) is 18.7 Å². The molecule has 3 aromatic carbocycles. The zero-order valence-electron chi connectivity index (χ0n) is 68.7. The summed E-state index contributed by atoms with van der Waals surface area (Å²) in [6, 6.07) is 19.2. The summed E-state index contributed by atoms with van der Waals surface area (Å²) in [5, 5.41) is 56.5. The summed E-state index contributed by atoms with van der Waals surface area (Å²) in [5.41, 5.74) is 16.3. The molecular weight excluding hydrogens is 1560 g/mol. The van der Waals surface area contributed by atoms with Gasteiger partial charge in [0.1, 0.15) is 78.3 Å². The van der Waals surface area contributed by atoms with Crippen molar-refractivity contribution in [2.24, 2.45) is 11.7 Å². The summed E-state index contributed by atoms with van der Waals surface area (Å²) in [6.07, 6.45) is 12.6. The molecular formula is C85H107N13O15S2Si2+2. The van der Waals surface area contributed by atoms with Gasteiger partial charge in [0.05, 0.1) is 29.3 Å². The van der Waals surface area contributed by atoms with Gasteiger partial charge in [-0.05, 0) is 159 Å². The number of hydrogen-bond donors (Lipinski definition) is 12. The number of amides is 9. The molecule has 0 saturated heterocycles. The Hall–Kier alpha value is -11.5. The number of nitrogens with one attached hydrogen (secondary N) is 8. The third kappa shape index (κ3) is 22.0. The minimum absolute atomic E-state index is 0.00813. The number of fused-ring (bicyclic) bond motifs is 4. The molecule has 0 saturated carbocycles. The van der Waals surface area contributed by atoms with Crippen molar-refractivity contribution in [2.75, 3.05) is 92.4 Å². The molecule has 32 heteroatoms. The Morgan fingerprint density at radius 2 is 0.923 bits per heavy atom. The van der Waals surface area contributed by atoms with E-state index in [9.17, 15) is 72.9 Å². The van der Waals surface area contributed by atoms with Gasteiger partial charge in [0.2, 0.25) is 41.4 Å². The number of carboxylic acid groups (broad SMARTS) is 3. The first kappa shape index (κ1) is 89.4. The second kappa shape index (κ2) is 39.0. The molecule has 13 N–H and O–H groups in total. The number of primary amides is 1. The van der Waals surface area contributed by atoms with Crippen molar-refractivity contribution in [1.29, 1.82) is 0 Å². The molecule has 2 aromatic heterocycles. The van der Waals surface area contributed by atoms with E-state index in [1.54, 1.807) is 56.3 Å². The van der Waals surface area contributed by atoms with E-state index in [4.69, 9.17) is 5.73 Å². The quantitative estimate of drug-likeness (QED) is 0.0131. The number of carboxylic acids is 3. The van der Waals surface area contributed by atoms with Crippen LogP contribution in [0.25, 0.3) is 11.1 Å². The number of aromatic carboxylic acids is 2. The van der Waals surface area contributed by atoms with Crippen molar-refractivity contribution in [3.8, 4) is 0 Å². The summed E-state index contributed by atoms with van der Waals surface area (Å²) >= 11 is 1.74. The van der Waals surface area contributed by atoms with Crippen LogP contribution in [-0.2, 0) is 44.8 Å². The fourth-order valence-corrected chi connectivity index (χ4v) is 22.7. The molecule has 0 spiro atoms. The summed E-state index contributed by atoms with van der Waals surface area (Å²) < 4.78 is 4.06. The van der Waals surface area contributed by atoms with Gasteiger partial charge in [-0.15, -0.1) is 22.7 Å². The maximum atomic E-state index is 14.4. The number of carbonyl (C=O) groups is 12. The third-order valence-corrected chi connectivity index (χ3v) is 30.4. The smallest absolute Gasteiger partial charge is 0.346 e. The molecule has 28 nitrogen and oxygen atoms in total. The van der Waals surface area contributed by atoms with E-state index in [1.807, 2.05) is 124 Å². The molecule has 0 fully saturated rings. The normalized spacial score (nSPS) is 15.1. The standard InChI is InChI=1S/C85H105N13O15S2Si2/c1-48(2)38-62(80(106)90-46-71(100)91-60(78(86)104)24-18-20-36-87-82(108)64-44-58(76(114-64)84(110)111)74-54-30-26-50(95(3)4)40-66(54)116(11,12)67-41-51(96(5)6)27-31-55(67)74)94-81(107)63(39-49-22-16-15-17-23-49)93-72(101)47-89-79(105)61(92-70(99)34-35-73(102)103)25-19-21-37-88-83(109)65-45-59(77(115-65)85(112)113)75-56-32-28-52(97(7)8)42-68(56)117(13,14)69-43-53(98(9)10)29-33-57(69)75/h15-17,22-23,26-33,40-45,48,60-63H,18-21,24-25,34-39,46-47H2,1-14H3,(H11-2,86,87,88,89,90,91,92,93,94,99,100,101,102,103,104,105,106,107,108,109,110,111,112,113)/p+2/t60-,61-,62-,63-/m1/s1. The monoisotopic (exact) mass is 1670 g/mol. The van der Waals surface area contributed by atoms with Crippen molar-refractivity contribution in [3.63, 3.8) is 0 Å². The summed E-state index contributed by atoms with van der Waals surface area (Å²) in [5.74, 6) is -10.4. The summed E-state index contributed by atoms with van der Waals surface area (Å²) in [4.78, 5) is 165. The number of hydrogen-bond acceptors (Lipinski definition) is 16. The third-order valence-electron chi connectivity index (χ3n) is 21.1. The van der Waals surface area contributed by atoms with E-state index in [-0.39, 0.29) is 77.0 Å². The maximum absolute atomic E-state index is 14.4. The predicted octanol–water partition coefficient (Wildman–Crippen LogP) is 5.61. The molecule has 4 heterocycles. The molecule has 2 aliphatic heterocycles. The van der Waals surface area contributed by atoms with Gasteiger partial charge in [0.15, 0.2) is 11.4 Å². The van der Waals surface area contributed by atoms with E-state index in [0.717, 1.165) is 94.1 Å². The van der Waals surface area contributed by atoms with Crippen LogP contribution in [0.1, 0.15) is 138 Å². The lowest BCUT2D eigenvalue weighted by Crippen LogP contribution is -2.57. The van der Waals surface area contributed by atoms with E-state index in [1.165, 1.54) is 0 Å². The van der Waals surface area contributed by atoms with Crippen molar-refractivity contribution >= 4 is 154 Å². The van der Waals surface area contributed by atoms with E-state index in [0.29, 0.717) is 35.1 Å². The molecule has 0 radical (unpaired) electrons. The van der Waals surface area contributed by atoms with Crippen molar-refractivity contribution in [2.45, 2.75) is 128 Å². The van der Waals surface area contributed by atoms with E-state index in [2.05, 4.69) is 93.0 Å². The van der Waals surface area contributed by atoms with Gasteiger partial charge >= 0.3 is 17.9 Å². The van der Waals surface area contributed by atoms with Crippen LogP contribution >= 0.6 is 22.7 Å². The fraction of sp³-hybridized carbons (Fsp3) is 0.388. The van der Waals surface area contributed by atoms with Gasteiger partial charge in [0, 0.05) is 101 Å². The Kier molecular flexibility index (Phi) is 29.8. The lowest BCUT2D eigenvalue weighted by Gasteiger charge is -2.38. The number of rotatable bonds is 37. The fourth-order valence-electron chi connectivity index (χ4n) is 14.7. The number of nitrogens with two attached hydrogens (primary N) is 1. The van der Waals surface area contributed by atoms with Gasteiger partial charge < -0.3 is 73.4 Å². The second-order valence-electron chi connectivity index (χ2n) is 31.8. The lowest BCUT2D eigenvalue weighted by atomic mass is 9.89. The topological polar surface area (TPSA) is 400 Å². The first-order valence-electron chi connectivity index (χ1n) is 38.9. The van der Waals surface area contributed by atoms with Crippen LogP contribution < -0.4 is 68.4 Å². The highest BCUT2D eigenvalue weighted by atomic mass is 32.1. The number of thiophene rings is 2. The Balaban J connectivity index is 0.782. The van der Waals surface area contributed by atoms with Crippen LogP contribution in [0.5, 0.6) is 0 Å². The zero-order valence-corrected chi connectivity index (χ0v) is 72.3. The SMILES string of the molecule is CC(C)C[C@@H](NC(=O)[C@@H](Cc1ccccc1)NC(=O)CNC(=O)[C@@H](CCCCNC(=O)c1cc(C2=C3C=CC(=[N+](C)C)C=C3[Si](C)(C)c3cc(N(C)C)ccc32)c(C(=O)O)s1)NC(=O)CCC(=O)O)C(=O)NCC(=O)N[C@H](CCCCNC(=O)c1cc(C2=C3C=CC(=[N+](C)C)C=C3[Si](C)(C)c3cc(N(C)C)ccc32)c(C(=O)O)s1)C(N)=O. The number of nitrogens with zero attached hydrogens (tertiary/aromatic N) is 4. The van der Waals surface area contributed by atoms with Crippen LogP contribution in [0.4, 0.5) is 11.4 Å². The van der Waals surface area contributed by atoms with Crippen molar-refractivity contribution in [3.05, 3.63) is 184 Å². The van der Waals surface area contributed by atoms with E-state index >= 15 is 0 Å². The van der Waals surface area contributed by atoms with Crippen LogP contribution in [0.2, 0.25) is 26.2 Å². The number of unbranched alkanes of at least 4 members (excludes halogenated alkanes) is 2. The first-order valence-corrected chi connectivity index (χ1v) is 46.5. The van der Waals surface area contributed by atoms with Gasteiger partial charge in [0.25, 0.3) is 11.8 Å². The van der Waals surface area contributed by atoms with Crippen molar-refractivity contribution in [1.82, 2.24) is 42.5 Å². The molecule has 4 atom stereocenters. The molecule has 4 aliphatic rings. The first-order chi connectivity index (χ1) is 55.3. The Morgan fingerprint density at radius 3 is 1.34 bits per heavy atom. The Bertz CT molecular complexity index is 5050. The zero-order chi connectivity index (χ0) is 85.7. The average Bonchev–Trinajstić information content (AvgIpc) is 1.70. The molecule has 5 aromatic rings. The molecule has 0 bridgehead atoms. The van der Waals surface area contributed by atoms with Crippen LogP contribution in [0.15, 0.2) is 137 Å². The van der Waals surface area contributed by atoms with Crippen LogP contribution in [0.3, 0.4) is 0 Å². The highest BCUT2D eigenvalue weighted by molar-refractivity contribution is 7.16. The number of carbonyl (C=O) groups excluding carboxylic acids is 9. The summed E-state index contributed by atoms with van der Waals surface area (Å²) in [6.45, 7) is 11.6.